The molecule has 1 fully saturated rings. The highest BCUT2D eigenvalue weighted by atomic mass is 16.5. The van der Waals surface area contributed by atoms with Gasteiger partial charge in [0.05, 0.1) is 18.2 Å². The lowest BCUT2D eigenvalue weighted by atomic mass is 9.89. The van der Waals surface area contributed by atoms with E-state index in [0.717, 1.165) is 31.2 Å². The molecule has 0 saturated heterocycles. The van der Waals surface area contributed by atoms with Crippen molar-refractivity contribution in [1.29, 1.82) is 0 Å². The maximum Gasteiger partial charge on any atom is 0.290 e. The fourth-order valence-corrected chi connectivity index (χ4v) is 4.39. The van der Waals surface area contributed by atoms with Crippen LogP contribution in [-0.2, 0) is 9.59 Å². The fourth-order valence-electron chi connectivity index (χ4n) is 4.39. The second-order valence-electron chi connectivity index (χ2n) is 8.20. The first-order chi connectivity index (χ1) is 13.4. The third kappa shape index (κ3) is 4.08. The summed E-state index contributed by atoms with van der Waals surface area (Å²) in [4.78, 5) is 27.8. The quantitative estimate of drug-likeness (QED) is 0.737. The van der Waals surface area contributed by atoms with Gasteiger partial charge in [-0.1, -0.05) is 45.2 Å². The smallest absolute Gasteiger partial charge is 0.290 e. The first-order valence-corrected chi connectivity index (χ1v) is 10.5. The highest BCUT2D eigenvalue weighted by Crippen LogP contribution is 2.43. The summed E-state index contributed by atoms with van der Waals surface area (Å²) in [5, 5.41) is 10.7. The summed E-state index contributed by atoms with van der Waals surface area (Å²) in [6, 6.07) is 7.06. The average molecular weight is 386 g/mol. The van der Waals surface area contributed by atoms with Crippen molar-refractivity contribution < 1.29 is 19.4 Å². The van der Waals surface area contributed by atoms with Crippen molar-refractivity contribution in [3.63, 3.8) is 0 Å². The Balaban J connectivity index is 2.04. The van der Waals surface area contributed by atoms with E-state index < -0.39 is 11.9 Å². The number of amides is 1. The number of carbonyl (C=O) groups excluding carboxylic acids is 2. The zero-order valence-electron chi connectivity index (χ0n) is 17.1. The topological polar surface area (TPSA) is 66.8 Å². The van der Waals surface area contributed by atoms with Gasteiger partial charge in [0.2, 0.25) is 0 Å². The van der Waals surface area contributed by atoms with Crippen LogP contribution in [0.4, 0.5) is 0 Å². The molecular formula is C23H31NO4. The van der Waals surface area contributed by atoms with Gasteiger partial charge in [-0.05, 0) is 43.4 Å². The van der Waals surface area contributed by atoms with Crippen LogP contribution in [-0.4, -0.2) is 34.3 Å². The van der Waals surface area contributed by atoms with E-state index in [0.29, 0.717) is 18.8 Å². The predicted molar refractivity (Wildman–Crippen MR) is 108 cm³/mol. The van der Waals surface area contributed by atoms with Gasteiger partial charge < -0.3 is 14.7 Å². The maximum absolute atomic E-state index is 13.0. The van der Waals surface area contributed by atoms with Gasteiger partial charge in [0.25, 0.3) is 5.91 Å². The Morgan fingerprint density at radius 3 is 2.61 bits per heavy atom. The molecule has 1 aromatic rings. The molecule has 3 rings (SSSR count). The number of ketones is 1. The molecule has 1 aromatic carbocycles. The number of aliphatic hydroxyl groups is 1. The molecule has 0 bridgehead atoms. The molecule has 1 heterocycles. The number of Topliss-reactive ketones (excluding diaryl/α,β-unsaturated/α-hetero) is 1. The van der Waals surface area contributed by atoms with Gasteiger partial charge in [-0.3, -0.25) is 9.59 Å². The van der Waals surface area contributed by atoms with Crippen molar-refractivity contribution >= 4 is 11.7 Å². The van der Waals surface area contributed by atoms with Crippen LogP contribution in [0.25, 0.3) is 0 Å². The molecule has 0 radical (unpaired) electrons. The molecule has 5 nitrogen and oxygen atoms in total. The largest absolute Gasteiger partial charge is 0.503 e. The van der Waals surface area contributed by atoms with E-state index in [1.165, 1.54) is 6.42 Å². The van der Waals surface area contributed by atoms with Crippen LogP contribution in [0.15, 0.2) is 35.6 Å². The van der Waals surface area contributed by atoms with Gasteiger partial charge in [0, 0.05) is 12.5 Å². The van der Waals surface area contributed by atoms with E-state index in [2.05, 4.69) is 0 Å². The van der Waals surface area contributed by atoms with Crippen LogP contribution in [0, 0.1) is 5.92 Å². The number of rotatable bonds is 7. The normalized spacial score (nSPS) is 20.9. The number of hydrogen-bond acceptors (Lipinski definition) is 4. The highest BCUT2D eigenvalue weighted by molar-refractivity contribution is 6.09. The van der Waals surface area contributed by atoms with E-state index in [1.54, 1.807) is 4.90 Å². The predicted octanol–water partition coefficient (Wildman–Crippen LogP) is 4.73. The summed E-state index contributed by atoms with van der Waals surface area (Å²) in [6.07, 6.45) is 5.43. The highest BCUT2D eigenvalue weighted by Gasteiger charge is 2.46. The second-order valence-corrected chi connectivity index (χ2v) is 8.20. The van der Waals surface area contributed by atoms with Gasteiger partial charge in [-0.2, -0.15) is 0 Å². The van der Waals surface area contributed by atoms with Crippen molar-refractivity contribution in [2.75, 3.05) is 6.61 Å². The summed E-state index contributed by atoms with van der Waals surface area (Å²) >= 11 is 0. The van der Waals surface area contributed by atoms with Crippen molar-refractivity contribution in [1.82, 2.24) is 4.90 Å². The molecule has 1 amide bonds. The maximum atomic E-state index is 13.0. The molecule has 152 valence electrons. The number of ether oxygens (including phenoxy) is 1. The van der Waals surface area contributed by atoms with E-state index in [9.17, 15) is 14.7 Å². The third-order valence-corrected chi connectivity index (χ3v) is 5.59. The molecule has 5 heteroatoms. The van der Waals surface area contributed by atoms with E-state index in [4.69, 9.17) is 4.74 Å². The molecule has 0 spiro atoms. The zero-order chi connectivity index (χ0) is 20.3. The fraction of sp³-hybridized carbons (Fsp3) is 0.565. The molecule has 1 unspecified atom stereocenters. The Kier molecular flexibility index (Phi) is 6.42. The third-order valence-electron chi connectivity index (χ3n) is 5.59. The Hall–Kier alpha value is -2.30. The minimum absolute atomic E-state index is 0.0495. The van der Waals surface area contributed by atoms with Gasteiger partial charge in [0.15, 0.2) is 11.5 Å². The molecule has 1 aliphatic heterocycles. The summed E-state index contributed by atoms with van der Waals surface area (Å²) in [6.45, 7) is 6.40. The number of nitrogens with zero attached hydrogens (tertiary/aromatic N) is 1. The van der Waals surface area contributed by atoms with Crippen LogP contribution in [0.1, 0.15) is 70.9 Å². The summed E-state index contributed by atoms with van der Waals surface area (Å²) in [5.74, 6) is -0.0695. The van der Waals surface area contributed by atoms with Gasteiger partial charge in [0.1, 0.15) is 5.75 Å². The Morgan fingerprint density at radius 2 is 1.96 bits per heavy atom. The van der Waals surface area contributed by atoms with Gasteiger partial charge in [-0.25, -0.2) is 0 Å². The Labute approximate surface area is 167 Å². The zero-order valence-corrected chi connectivity index (χ0v) is 17.1. The molecule has 1 N–H and O–H groups in total. The molecular weight excluding hydrogens is 354 g/mol. The monoisotopic (exact) mass is 385 g/mol. The SMILES string of the molecule is CCOc1cccc(C2C(C(=O)CC(C)C)=C(O)C(=O)N2C2CCCCC2)c1. The van der Waals surface area contributed by atoms with Crippen molar-refractivity contribution in [2.24, 2.45) is 5.92 Å². The molecule has 0 aromatic heterocycles. The van der Waals surface area contributed by atoms with Crippen molar-refractivity contribution in [3.8, 4) is 5.75 Å². The summed E-state index contributed by atoms with van der Waals surface area (Å²) in [5.41, 5.74) is 1.07. The number of aliphatic hydroxyl groups excluding tert-OH is 1. The lowest BCUT2D eigenvalue weighted by Gasteiger charge is -2.36. The summed E-state index contributed by atoms with van der Waals surface area (Å²) in [7, 11) is 0. The van der Waals surface area contributed by atoms with Crippen LogP contribution >= 0.6 is 0 Å². The van der Waals surface area contributed by atoms with Crippen LogP contribution in [0.5, 0.6) is 5.75 Å². The minimum atomic E-state index is -0.540. The first kappa shape index (κ1) is 20.4. The average Bonchev–Trinajstić information content (AvgIpc) is 2.94. The second kappa shape index (κ2) is 8.80. The Bertz CT molecular complexity index is 762. The standard InChI is InChI=1S/C23H31NO4/c1-4-28-18-12-8-9-16(14-18)21-20(19(25)13-15(2)3)22(26)23(27)24(21)17-10-6-5-7-11-17/h8-9,12,14-15,17,21,26H,4-7,10-11,13H2,1-3H3. The number of benzene rings is 1. The molecule has 28 heavy (non-hydrogen) atoms. The van der Waals surface area contributed by atoms with Crippen LogP contribution in [0.2, 0.25) is 0 Å². The summed E-state index contributed by atoms with van der Waals surface area (Å²) < 4.78 is 5.63. The van der Waals surface area contributed by atoms with E-state index >= 15 is 0 Å². The van der Waals surface area contributed by atoms with E-state index in [1.807, 2.05) is 45.0 Å². The molecule has 1 atom stereocenters. The first-order valence-electron chi connectivity index (χ1n) is 10.5. The van der Waals surface area contributed by atoms with Crippen molar-refractivity contribution in [3.05, 3.63) is 41.2 Å². The van der Waals surface area contributed by atoms with Crippen LogP contribution < -0.4 is 4.74 Å². The van der Waals surface area contributed by atoms with Crippen LogP contribution in [0.3, 0.4) is 0 Å². The molecule has 2 aliphatic rings. The molecule has 1 aliphatic carbocycles. The van der Waals surface area contributed by atoms with Gasteiger partial charge in [-0.15, -0.1) is 0 Å². The Morgan fingerprint density at radius 1 is 1.25 bits per heavy atom. The number of carbonyl (C=O) groups is 2. The van der Waals surface area contributed by atoms with Gasteiger partial charge >= 0.3 is 0 Å². The molecule has 1 saturated carbocycles. The lowest BCUT2D eigenvalue weighted by Crippen LogP contribution is -2.41. The number of hydrogen-bond donors (Lipinski definition) is 1. The van der Waals surface area contributed by atoms with Crippen molar-refractivity contribution in [2.45, 2.75) is 71.4 Å². The lowest BCUT2D eigenvalue weighted by molar-refractivity contribution is -0.132. The minimum Gasteiger partial charge on any atom is -0.503 e. The van der Waals surface area contributed by atoms with E-state index in [-0.39, 0.29) is 29.1 Å².